The molecule has 2 aliphatic carbocycles. The van der Waals surface area contributed by atoms with Gasteiger partial charge in [-0.25, -0.2) is 5.43 Å². The number of carbonyl (C=O) groups excluding carboxylic acids is 1. The zero-order valence-electron chi connectivity index (χ0n) is 9.77. The molecule has 0 bridgehead atoms. The minimum Gasteiger partial charge on any atom is -0.267 e. The Morgan fingerprint density at radius 2 is 2.22 bits per heavy atom. The van der Waals surface area contributed by atoms with E-state index in [4.69, 9.17) is 0 Å². The van der Waals surface area contributed by atoms with Gasteiger partial charge in [0.05, 0.1) is 5.56 Å². The molecule has 1 amide bonds. The number of allylic oxidation sites excluding steroid dienone is 2. The summed E-state index contributed by atoms with van der Waals surface area (Å²) in [6, 6.07) is 7.35. The summed E-state index contributed by atoms with van der Waals surface area (Å²) >= 11 is 3.36. The fraction of sp³-hybridized carbons (Fsp3) is 0.286. The van der Waals surface area contributed by atoms with Gasteiger partial charge in [-0.15, -0.1) is 0 Å². The van der Waals surface area contributed by atoms with Crippen molar-refractivity contribution in [1.82, 2.24) is 5.43 Å². The first-order valence-corrected chi connectivity index (χ1v) is 6.83. The molecule has 1 N–H and O–H groups in total. The maximum Gasteiger partial charge on any atom is 0.272 e. The molecule has 1 aromatic carbocycles. The van der Waals surface area contributed by atoms with E-state index in [1.54, 1.807) is 6.07 Å². The van der Waals surface area contributed by atoms with Crippen molar-refractivity contribution in [1.29, 1.82) is 0 Å². The van der Waals surface area contributed by atoms with E-state index in [1.165, 1.54) is 0 Å². The molecule has 0 saturated heterocycles. The highest BCUT2D eigenvalue weighted by Gasteiger charge is 2.38. The predicted octanol–water partition coefficient (Wildman–Crippen LogP) is 3.13. The normalized spacial score (nSPS) is 26.8. The van der Waals surface area contributed by atoms with E-state index in [-0.39, 0.29) is 5.91 Å². The van der Waals surface area contributed by atoms with Gasteiger partial charge in [-0.2, -0.15) is 5.10 Å². The summed E-state index contributed by atoms with van der Waals surface area (Å²) in [6.07, 6.45) is 6.50. The predicted molar refractivity (Wildman–Crippen MR) is 74.4 cm³/mol. The number of carbonyl (C=O) groups is 1. The van der Waals surface area contributed by atoms with Crippen molar-refractivity contribution in [3.63, 3.8) is 0 Å². The first kappa shape index (κ1) is 11.7. The number of hydrogen-bond donors (Lipinski definition) is 1. The summed E-state index contributed by atoms with van der Waals surface area (Å²) in [4.78, 5) is 11.9. The van der Waals surface area contributed by atoms with Crippen LogP contribution >= 0.6 is 15.9 Å². The summed E-state index contributed by atoms with van der Waals surface area (Å²) in [7, 11) is 0. The van der Waals surface area contributed by atoms with Gasteiger partial charge in [0.2, 0.25) is 0 Å². The third kappa shape index (κ3) is 2.01. The van der Waals surface area contributed by atoms with E-state index in [0.29, 0.717) is 17.4 Å². The Morgan fingerprint density at radius 3 is 3.00 bits per heavy atom. The molecular formula is C14H13BrN2O. The third-order valence-corrected chi connectivity index (χ3v) is 4.27. The number of nitrogens with zero attached hydrogens (tertiary/aromatic N) is 1. The van der Waals surface area contributed by atoms with Gasteiger partial charge >= 0.3 is 0 Å². The maximum absolute atomic E-state index is 11.9. The molecule has 2 unspecified atom stereocenters. The summed E-state index contributed by atoms with van der Waals surface area (Å²) in [5.41, 5.74) is 4.37. The van der Waals surface area contributed by atoms with Crippen molar-refractivity contribution in [2.75, 3.05) is 0 Å². The second-order valence-electron chi connectivity index (χ2n) is 4.66. The average Bonchev–Trinajstić information content (AvgIpc) is 2.71. The first-order valence-electron chi connectivity index (χ1n) is 6.03. The van der Waals surface area contributed by atoms with Crippen LogP contribution < -0.4 is 5.43 Å². The van der Waals surface area contributed by atoms with E-state index >= 15 is 0 Å². The fourth-order valence-electron chi connectivity index (χ4n) is 2.49. The van der Waals surface area contributed by atoms with Crippen LogP contribution in [0.25, 0.3) is 0 Å². The van der Waals surface area contributed by atoms with Crippen LogP contribution in [0.15, 0.2) is 46.0 Å². The zero-order chi connectivity index (χ0) is 12.5. The van der Waals surface area contributed by atoms with Gasteiger partial charge in [0.1, 0.15) is 0 Å². The van der Waals surface area contributed by atoms with Crippen molar-refractivity contribution in [2.45, 2.75) is 12.8 Å². The Bertz CT molecular complexity index is 550. The third-order valence-electron chi connectivity index (χ3n) is 3.58. The molecule has 1 fully saturated rings. The Morgan fingerprint density at radius 1 is 1.39 bits per heavy atom. The quantitative estimate of drug-likeness (QED) is 0.662. The summed E-state index contributed by atoms with van der Waals surface area (Å²) in [5, 5.41) is 4.25. The lowest BCUT2D eigenvalue weighted by molar-refractivity contribution is 0.0953. The standard InChI is InChI=1S/C14H13BrN2O/c15-12-7-2-1-5-11(12)14(18)17-16-13-8-9-4-3-6-10(9)13/h1-5,7,9-10H,6,8H2,(H,17,18). The Kier molecular flexibility index (Phi) is 3.04. The minimum atomic E-state index is -0.163. The molecule has 0 aromatic heterocycles. The lowest BCUT2D eigenvalue weighted by Gasteiger charge is -2.31. The van der Waals surface area contributed by atoms with Crippen molar-refractivity contribution in [3.8, 4) is 0 Å². The van der Waals surface area contributed by atoms with Crippen LogP contribution in [0.2, 0.25) is 0 Å². The Balaban J connectivity index is 1.66. The van der Waals surface area contributed by atoms with Gasteiger partial charge in [0, 0.05) is 16.1 Å². The van der Waals surface area contributed by atoms with Crippen LogP contribution in [0.3, 0.4) is 0 Å². The second-order valence-corrected chi connectivity index (χ2v) is 5.52. The van der Waals surface area contributed by atoms with Crippen LogP contribution in [0.1, 0.15) is 23.2 Å². The average molecular weight is 305 g/mol. The number of hydrazone groups is 1. The highest BCUT2D eigenvalue weighted by molar-refractivity contribution is 9.10. The molecule has 2 aliphatic rings. The fourth-order valence-corrected chi connectivity index (χ4v) is 2.96. The number of fused-ring (bicyclic) bond motifs is 1. The molecule has 2 atom stereocenters. The highest BCUT2D eigenvalue weighted by Crippen LogP contribution is 2.40. The van der Waals surface area contributed by atoms with Crippen molar-refractivity contribution in [3.05, 3.63) is 46.5 Å². The molecule has 0 heterocycles. The number of amides is 1. The Hall–Kier alpha value is -1.42. The van der Waals surface area contributed by atoms with Gasteiger partial charge in [0.25, 0.3) is 5.91 Å². The molecule has 3 rings (SSSR count). The molecule has 1 aromatic rings. The van der Waals surface area contributed by atoms with E-state index in [1.807, 2.05) is 18.2 Å². The summed E-state index contributed by atoms with van der Waals surface area (Å²) < 4.78 is 0.789. The molecule has 92 valence electrons. The van der Waals surface area contributed by atoms with Crippen LogP contribution in [0, 0.1) is 11.8 Å². The van der Waals surface area contributed by atoms with Gasteiger partial charge in [0.15, 0.2) is 0 Å². The smallest absolute Gasteiger partial charge is 0.267 e. The van der Waals surface area contributed by atoms with E-state index in [9.17, 15) is 4.79 Å². The topological polar surface area (TPSA) is 41.5 Å². The Labute approximate surface area is 114 Å². The van der Waals surface area contributed by atoms with E-state index < -0.39 is 0 Å². The first-order chi connectivity index (χ1) is 8.75. The molecule has 18 heavy (non-hydrogen) atoms. The zero-order valence-corrected chi connectivity index (χ0v) is 11.4. The SMILES string of the molecule is O=C(NN=C1CC2C=CCC12)c1ccccc1Br. The molecule has 4 heteroatoms. The van der Waals surface area contributed by atoms with Crippen LogP contribution in [0.5, 0.6) is 0 Å². The van der Waals surface area contributed by atoms with Gasteiger partial charge < -0.3 is 0 Å². The molecule has 0 spiro atoms. The highest BCUT2D eigenvalue weighted by atomic mass is 79.9. The molecule has 0 aliphatic heterocycles. The van der Waals surface area contributed by atoms with Crippen LogP contribution in [-0.4, -0.2) is 11.6 Å². The summed E-state index contributed by atoms with van der Waals surface area (Å²) in [5.74, 6) is 1.03. The molecule has 1 saturated carbocycles. The number of rotatable bonds is 2. The van der Waals surface area contributed by atoms with Crippen LogP contribution in [0.4, 0.5) is 0 Å². The summed E-state index contributed by atoms with van der Waals surface area (Å²) in [6.45, 7) is 0. The van der Waals surface area contributed by atoms with Crippen molar-refractivity contribution >= 4 is 27.5 Å². The number of halogens is 1. The lowest BCUT2D eigenvalue weighted by atomic mass is 9.74. The van der Waals surface area contributed by atoms with E-state index in [0.717, 1.165) is 23.0 Å². The van der Waals surface area contributed by atoms with Gasteiger partial charge in [-0.05, 0) is 46.8 Å². The number of nitrogens with one attached hydrogen (secondary N) is 1. The number of benzene rings is 1. The van der Waals surface area contributed by atoms with Crippen LogP contribution in [-0.2, 0) is 0 Å². The number of hydrogen-bond acceptors (Lipinski definition) is 2. The lowest BCUT2D eigenvalue weighted by Crippen LogP contribution is -2.35. The largest absolute Gasteiger partial charge is 0.272 e. The molecule has 3 nitrogen and oxygen atoms in total. The second kappa shape index (κ2) is 4.69. The van der Waals surface area contributed by atoms with Gasteiger partial charge in [-0.3, -0.25) is 4.79 Å². The van der Waals surface area contributed by atoms with E-state index in [2.05, 4.69) is 38.6 Å². The molecular weight excluding hydrogens is 292 g/mol. The van der Waals surface area contributed by atoms with Crippen molar-refractivity contribution < 1.29 is 4.79 Å². The van der Waals surface area contributed by atoms with Gasteiger partial charge in [-0.1, -0.05) is 24.3 Å². The monoisotopic (exact) mass is 304 g/mol. The molecule has 0 radical (unpaired) electrons. The maximum atomic E-state index is 11.9. The minimum absolute atomic E-state index is 0.163. The van der Waals surface area contributed by atoms with Crippen molar-refractivity contribution in [2.24, 2.45) is 16.9 Å².